The number of rotatable bonds is 10. The molecule has 1 saturated heterocycles. The van der Waals surface area contributed by atoms with Crippen molar-refractivity contribution in [1.82, 2.24) is 25.2 Å². The lowest BCUT2D eigenvalue weighted by molar-refractivity contribution is -0.117. The molecule has 260 valence electrons. The highest BCUT2D eigenvalue weighted by atomic mass is 19.3. The van der Waals surface area contributed by atoms with Gasteiger partial charge in [0.15, 0.2) is 5.54 Å². The zero-order chi connectivity index (χ0) is 35.6. The second-order valence-electron chi connectivity index (χ2n) is 11.9. The summed E-state index contributed by atoms with van der Waals surface area (Å²) in [7, 11) is 0. The number of amides is 1. The molecule has 2 atom stereocenters. The Labute approximate surface area is 282 Å². The van der Waals surface area contributed by atoms with Crippen molar-refractivity contribution < 1.29 is 26.7 Å². The van der Waals surface area contributed by atoms with Gasteiger partial charge in [0.25, 0.3) is 0 Å². The molecular formula is C34H32F5N9O2. The topological polar surface area (TPSA) is 138 Å². The largest absolute Gasteiger partial charge is 0.368 e. The van der Waals surface area contributed by atoms with Gasteiger partial charge in [-0.25, -0.2) is 23.1 Å². The molecule has 2 aromatic heterocycles. The minimum atomic E-state index is -4.01. The van der Waals surface area contributed by atoms with Crippen LogP contribution in [0.15, 0.2) is 89.9 Å². The van der Waals surface area contributed by atoms with Crippen LogP contribution in [0.4, 0.5) is 39.0 Å². The van der Waals surface area contributed by atoms with E-state index in [4.69, 9.17) is 5.73 Å². The number of H-pyrrole nitrogens is 1. The molecule has 3 heterocycles. The SMILES string of the molecule is C[C@](c1ccc(F)cc1F)(n1nn[nH]c1=O)C(F)(F)c1ccc(-c2ccc(N3CCN(c4ccc(NC(=O)C(N)CF)cc4)CC3)cc2)cn1. The summed E-state index contributed by atoms with van der Waals surface area (Å²) in [5.41, 5.74) is 3.84. The summed E-state index contributed by atoms with van der Waals surface area (Å²) in [6.45, 7) is 2.91. The number of aromatic nitrogens is 5. The third kappa shape index (κ3) is 6.41. The quantitative estimate of drug-likeness (QED) is 0.183. The molecule has 3 aromatic carbocycles. The molecule has 6 rings (SSSR count). The predicted molar refractivity (Wildman–Crippen MR) is 177 cm³/mol. The molecule has 0 saturated carbocycles. The van der Waals surface area contributed by atoms with Crippen LogP contribution in [0.3, 0.4) is 0 Å². The van der Waals surface area contributed by atoms with Crippen LogP contribution in [0.1, 0.15) is 18.2 Å². The second kappa shape index (κ2) is 13.7. The van der Waals surface area contributed by atoms with Gasteiger partial charge >= 0.3 is 11.6 Å². The first-order valence-electron chi connectivity index (χ1n) is 15.6. The van der Waals surface area contributed by atoms with Crippen molar-refractivity contribution in [2.24, 2.45) is 5.73 Å². The van der Waals surface area contributed by atoms with Crippen LogP contribution in [-0.4, -0.2) is 70.0 Å². The van der Waals surface area contributed by atoms with E-state index in [0.717, 1.165) is 68.2 Å². The third-order valence-corrected chi connectivity index (χ3v) is 8.90. The Balaban J connectivity index is 1.13. The van der Waals surface area contributed by atoms with Gasteiger partial charge in [-0.15, -0.1) is 0 Å². The van der Waals surface area contributed by atoms with E-state index < -0.39 is 58.7 Å². The molecule has 0 radical (unpaired) electrons. The van der Waals surface area contributed by atoms with Crippen molar-refractivity contribution in [3.63, 3.8) is 0 Å². The number of hydrogen-bond donors (Lipinski definition) is 3. The van der Waals surface area contributed by atoms with E-state index >= 15 is 8.78 Å². The lowest BCUT2D eigenvalue weighted by Gasteiger charge is -2.37. The third-order valence-electron chi connectivity index (χ3n) is 8.90. The molecule has 1 unspecified atom stereocenters. The highest BCUT2D eigenvalue weighted by Crippen LogP contribution is 2.47. The number of halogens is 5. The Morgan fingerprint density at radius 2 is 1.52 bits per heavy atom. The fraction of sp³-hybridized carbons (Fsp3) is 0.265. The minimum Gasteiger partial charge on any atom is -0.368 e. The van der Waals surface area contributed by atoms with E-state index in [-0.39, 0.29) is 0 Å². The van der Waals surface area contributed by atoms with Crippen molar-refractivity contribution in [3.8, 4) is 11.1 Å². The number of benzene rings is 3. The van der Waals surface area contributed by atoms with E-state index in [1.165, 1.54) is 12.3 Å². The Bertz CT molecular complexity index is 2010. The number of nitrogens with one attached hydrogen (secondary N) is 2. The van der Waals surface area contributed by atoms with Gasteiger partial charge in [-0.1, -0.05) is 24.3 Å². The predicted octanol–water partition coefficient (Wildman–Crippen LogP) is 4.42. The van der Waals surface area contributed by atoms with Gasteiger partial charge in [0.1, 0.15) is 30.0 Å². The summed E-state index contributed by atoms with van der Waals surface area (Å²) >= 11 is 0. The molecule has 4 N–H and O–H groups in total. The Hall–Kier alpha value is -5.64. The molecule has 16 heteroatoms. The standard InChI is InChI=1S/C34H32F5N9O2/c1-33(48-32(50)43-44-45-48,27-12-5-23(36)18-28(27)37)34(38,39)30-13-4-22(20-41-30)21-2-8-25(9-3-21)46-14-16-47(17-15-46)26-10-6-24(7-11-26)42-31(49)29(40)19-35/h2-13,18,20,29H,14-17,19,40H2,1H3,(H,42,49)(H,43,45,50)/t29?,33-/m1/s1. The summed E-state index contributed by atoms with van der Waals surface area (Å²) in [4.78, 5) is 32.7. The summed E-state index contributed by atoms with van der Waals surface area (Å²) in [6.07, 6.45) is 1.26. The normalized spacial score (nSPS) is 15.4. The molecule has 1 fully saturated rings. The number of aromatic amines is 1. The van der Waals surface area contributed by atoms with Gasteiger partial charge in [0.05, 0.1) is 0 Å². The van der Waals surface area contributed by atoms with Gasteiger partial charge in [0, 0.05) is 66.6 Å². The molecule has 1 aliphatic heterocycles. The van der Waals surface area contributed by atoms with E-state index in [9.17, 15) is 22.8 Å². The summed E-state index contributed by atoms with van der Waals surface area (Å²) in [5, 5.41) is 11.3. The molecule has 1 aliphatic rings. The minimum absolute atomic E-state index is 0.323. The molecular weight excluding hydrogens is 661 g/mol. The van der Waals surface area contributed by atoms with Crippen molar-refractivity contribution in [1.29, 1.82) is 0 Å². The number of carbonyl (C=O) groups excluding carboxylic acids is 1. The fourth-order valence-electron chi connectivity index (χ4n) is 5.94. The highest BCUT2D eigenvalue weighted by molar-refractivity contribution is 5.94. The van der Waals surface area contributed by atoms with Gasteiger partial charge in [-0.3, -0.25) is 9.78 Å². The van der Waals surface area contributed by atoms with E-state index in [2.05, 4.69) is 30.5 Å². The Kier molecular flexibility index (Phi) is 9.38. The number of nitrogens with zero attached hydrogens (tertiary/aromatic N) is 6. The van der Waals surface area contributed by atoms with Gasteiger partial charge < -0.3 is 20.9 Å². The maximum Gasteiger partial charge on any atom is 0.362 e. The first-order chi connectivity index (χ1) is 23.9. The van der Waals surface area contributed by atoms with Crippen LogP contribution in [0.25, 0.3) is 11.1 Å². The Morgan fingerprint density at radius 3 is 2.04 bits per heavy atom. The Morgan fingerprint density at radius 1 is 0.920 bits per heavy atom. The number of carbonyl (C=O) groups is 1. The smallest absolute Gasteiger partial charge is 0.362 e. The molecule has 0 spiro atoms. The molecule has 0 aliphatic carbocycles. The number of tetrazole rings is 1. The second-order valence-corrected chi connectivity index (χ2v) is 11.9. The number of alkyl halides is 3. The van der Waals surface area contributed by atoms with Crippen LogP contribution in [0.2, 0.25) is 0 Å². The highest BCUT2D eigenvalue weighted by Gasteiger charge is 2.58. The fourth-order valence-corrected chi connectivity index (χ4v) is 5.94. The van der Waals surface area contributed by atoms with Crippen LogP contribution in [0, 0.1) is 11.6 Å². The molecule has 0 bridgehead atoms. The molecule has 50 heavy (non-hydrogen) atoms. The first kappa shape index (κ1) is 34.2. The average molecular weight is 694 g/mol. The number of anilines is 3. The van der Waals surface area contributed by atoms with Gasteiger partial charge in [0.2, 0.25) is 5.91 Å². The lowest BCUT2D eigenvalue weighted by Crippen LogP contribution is -2.52. The van der Waals surface area contributed by atoms with Crippen molar-refractivity contribution in [2.75, 3.05) is 48.0 Å². The van der Waals surface area contributed by atoms with Crippen molar-refractivity contribution in [2.45, 2.75) is 24.4 Å². The average Bonchev–Trinajstić information content (AvgIpc) is 3.57. The van der Waals surface area contributed by atoms with Crippen LogP contribution < -0.4 is 26.5 Å². The monoisotopic (exact) mass is 693 g/mol. The van der Waals surface area contributed by atoms with Gasteiger partial charge in [-0.05, 0) is 71.4 Å². The maximum atomic E-state index is 16.3. The zero-order valence-electron chi connectivity index (χ0n) is 26.7. The van der Waals surface area contributed by atoms with Crippen LogP contribution in [-0.2, 0) is 16.3 Å². The van der Waals surface area contributed by atoms with Crippen molar-refractivity contribution in [3.05, 3.63) is 118 Å². The lowest BCUT2D eigenvalue weighted by atomic mass is 9.83. The van der Waals surface area contributed by atoms with E-state index in [0.29, 0.717) is 22.0 Å². The van der Waals surface area contributed by atoms with E-state index in [1.54, 1.807) is 12.1 Å². The number of hydrogen-bond acceptors (Lipinski definition) is 8. The number of pyridine rings is 1. The molecule has 1 amide bonds. The molecule has 11 nitrogen and oxygen atoms in total. The van der Waals surface area contributed by atoms with Crippen LogP contribution in [0.5, 0.6) is 0 Å². The summed E-state index contributed by atoms with van der Waals surface area (Å²) in [5.74, 6) is -6.87. The number of nitrogens with two attached hydrogens (primary N) is 1. The van der Waals surface area contributed by atoms with Crippen LogP contribution >= 0.6 is 0 Å². The maximum absolute atomic E-state index is 16.3. The summed E-state index contributed by atoms with van der Waals surface area (Å²) in [6, 6.07) is 18.2. The summed E-state index contributed by atoms with van der Waals surface area (Å²) < 4.78 is 74.3. The molecule has 5 aromatic rings. The van der Waals surface area contributed by atoms with Gasteiger partial charge in [-0.2, -0.15) is 13.5 Å². The zero-order valence-corrected chi connectivity index (χ0v) is 26.7. The number of piperazine rings is 1. The first-order valence-corrected chi connectivity index (χ1v) is 15.6. The van der Waals surface area contributed by atoms with E-state index in [1.807, 2.05) is 41.5 Å². The van der Waals surface area contributed by atoms with Crippen molar-refractivity contribution >= 4 is 23.0 Å².